The van der Waals surface area contributed by atoms with Crippen LogP contribution in [-0.2, 0) is 13.0 Å². The molecule has 0 saturated carbocycles. The lowest BCUT2D eigenvalue weighted by molar-refractivity contribution is 0.353. The molecule has 21 heavy (non-hydrogen) atoms. The third-order valence-corrected chi connectivity index (χ3v) is 4.16. The number of nitrogens with two attached hydrogens (primary N) is 1. The van der Waals surface area contributed by atoms with Crippen molar-refractivity contribution in [1.82, 2.24) is 0 Å². The molecule has 2 N–H and O–H groups in total. The van der Waals surface area contributed by atoms with Gasteiger partial charge in [-0.25, -0.2) is 0 Å². The molecule has 2 aromatic carbocycles. The van der Waals surface area contributed by atoms with Crippen molar-refractivity contribution in [2.45, 2.75) is 13.0 Å². The number of hydrogen-bond donors (Lipinski definition) is 1. The van der Waals surface area contributed by atoms with Gasteiger partial charge in [0.2, 0.25) is 0 Å². The normalized spacial score (nSPS) is 13.4. The maximum absolute atomic E-state index is 6.18. The van der Waals surface area contributed by atoms with Gasteiger partial charge in [-0.15, -0.1) is 0 Å². The first-order chi connectivity index (χ1) is 10.3. The molecule has 0 amide bonds. The van der Waals surface area contributed by atoms with Crippen molar-refractivity contribution in [1.29, 1.82) is 0 Å². The largest absolute Gasteiger partial charge is 0.493 e. The van der Waals surface area contributed by atoms with E-state index < -0.39 is 0 Å². The number of halogens is 1. The predicted molar refractivity (Wildman–Crippen MR) is 83.8 cm³/mol. The standard InChI is InChI=1S/C17H14ClNO2/c18-14-3-1-2-10-8-15(21-17(10)14)12-6-11-4-5-20-16(11)13(7-12)9-19/h1-3,6-8H,4-5,9,19H2. The van der Waals surface area contributed by atoms with E-state index in [1.54, 1.807) is 0 Å². The summed E-state index contributed by atoms with van der Waals surface area (Å²) in [6, 6.07) is 11.9. The third-order valence-electron chi connectivity index (χ3n) is 3.86. The average molecular weight is 300 g/mol. The van der Waals surface area contributed by atoms with Crippen LogP contribution in [0.3, 0.4) is 0 Å². The van der Waals surface area contributed by atoms with Gasteiger partial charge >= 0.3 is 0 Å². The molecule has 0 spiro atoms. The van der Waals surface area contributed by atoms with Crippen LogP contribution in [0.25, 0.3) is 22.3 Å². The Bertz CT molecular complexity index is 838. The molecule has 3 aromatic rings. The van der Waals surface area contributed by atoms with Crippen molar-refractivity contribution in [2.24, 2.45) is 5.73 Å². The van der Waals surface area contributed by atoms with Crippen molar-refractivity contribution >= 4 is 22.6 Å². The molecule has 0 fully saturated rings. The van der Waals surface area contributed by atoms with E-state index in [2.05, 4.69) is 6.07 Å². The molecular formula is C17H14ClNO2. The monoisotopic (exact) mass is 299 g/mol. The lowest BCUT2D eigenvalue weighted by Gasteiger charge is -2.08. The second kappa shape index (κ2) is 4.79. The summed E-state index contributed by atoms with van der Waals surface area (Å²) in [6.45, 7) is 1.18. The molecule has 0 aliphatic carbocycles. The van der Waals surface area contributed by atoms with Gasteiger partial charge in [-0.3, -0.25) is 0 Å². The Balaban J connectivity index is 1.90. The molecule has 4 rings (SSSR count). The number of hydrogen-bond acceptors (Lipinski definition) is 3. The quantitative estimate of drug-likeness (QED) is 0.773. The van der Waals surface area contributed by atoms with Crippen molar-refractivity contribution < 1.29 is 9.15 Å². The molecule has 0 saturated heterocycles. The fraction of sp³-hybridized carbons (Fsp3) is 0.176. The Morgan fingerprint density at radius 3 is 2.90 bits per heavy atom. The van der Waals surface area contributed by atoms with Crippen LogP contribution in [-0.4, -0.2) is 6.61 Å². The number of ether oxygens (including phenoxy) is 1. The zero-order chi connectivity index (χ0) is 14.4. The van der Waals surface area contributed by atoms with Gasteiger partial charge in [0.05, 0.1) is 11.6 Å². The van der Waals surface area contributed by atoms with Gasteiger partial charge < -0.3 is 14.9 Å². The van der Waals surface area contributed by atoms with Crippen LogP contribution in [0.15, 0.2) is 40.8 Å². The molecule has 0 radical (unpaired) electrons. The Morgan fingerprint density at radius 1 is 1.19 bits per heavy atom. The summed E-state index contributed by atoms with van der Waals surface area (Å²) in [5.41, 5.74) is 9.79. The van der Waals surface area contributed by atoms with Gasteiger partial charge in [-0.2, -0.15) is 0 Å². The highest BCUT2D eigenvalue weighted by Crippen LogP contribution is 2.37. The average Bonchev–Trinajstić information content (AvgIpc) is 3.12. The van der Waals surface area contributed by atoms with Crippen LogP contribution >= 0.6 is 11.6 Å². The van der Waals surface area contributed by atoms with Gasteiger partial charge in [0.15, 0.2) is 5.58 Å². The number of fused-ring (bicyclic) bond motifs is 2. The summed E-state index contributed by atoms with van der Waals surface area (Å²) < 4.78 is 11.6. The van der Waals surface area contributed by atoms with Crippen molar-refractivity contribution in [3.63, 3.8) is 0 Å². The summed E-state index contributed by atoms with van der Waals surface area (Å²) in [5, 5.41) is 1.63. The predicted octanol–water partition coefficient (Wildman–Crippen LogP) is 4.15. The van der Waals surface area contributed by atoms with E-state index in [1.165, 1.54) is 5.56 Å². The molecule has 0 unspecified atom stereocenters. The summed E-state index contributed by atoms with van der Waals surface area (Å²) in [6.07, 6.45) is 0.914. The Labute approximate surface area is 127 Å². The fourth-order valence-corrected chi connectivity index (χ4v) is 3.07. The molecule has 3 nitrogen and oxygen atoms in total. The first-order valence-corrected chi connectivity index (χ1v) is 7.31. The van der Waals surface area contributed by atoms with Crippen LogP contribution in [0.5, 0.6) is 5.75 Å². The fourth-order valence-electron chi connectivity index (χ4n) is 2.85. The number of para-hydroxylation sites is 1. The highest BCUT2D eigenvalue weighted by Gasteiger charge is 2.19. The van der Waals surface area contributed by atoms with Crippen LogP contribution in [0.1, 0.15) is 11.1 Å². The number of benzene rings is 2. The minimum absolute atomic E-state index is 0.456. The Morgan fingerprint density at radius 2 is 2.10 bits per heavy atom. The molecule has 1 aliphatic heterocycles. The first-order valence-electron chi connectivity index (χ1n) is 6.93. The van der Waals surface area contributed by atoms with Crippen molar-refractivity contribution in [2.75, 3.05) is 6.61 Å². The highest BCUT2D eigenvalue weighted by atomic mass is 35.5. The first kappa shape index (κ1) is 12.7. The Kier molecular flexibility index (Phi) is 2.91. The number of rotatable bonds is 2. The second-order valence-electron chi connectivity index (χ2n) is 5.20. The van der Waals surface area contributed by atoms with Gasteiger partial charge in [0, 0.05) is 29.5 Å². The molecule has 4 heteroatoms. The summed E-state index contributed by atoms with van der Waals surface area (Å²) >= 11 is 6.18. The van der Waals surface area contributed by atoms with E-state index in [4.69, 9.17) is 26.5 Å². The molecular weight excluding hydrogens is 286 g/mol. The van der Waals surface area contributed by atoms with Crippen molar-refractivity contribution in [3.05, 3.63) is 52.5 Å². The van der Waals surface area contributed by atoms with Crippen LogP contribution in [0, 0.1) is 0 Å². The maximum Gasteiger partial charge on any atom is 0.153 e. The van der Waals surface area contributed by atoms with Crippen LogP contribution in [0.2, 0.25) is 5.02 Å². The lowest BCUT2D eigenvalue weighted by atomic mass is 10.0. The molecule has 1 aliphatic rings. The molecule has 1 aromatic heterocycles. The number of furan rings is 1. The minimum atomic E-state index is 0.456. The topological polar surface area (TPSA) is 48.4 Å². The van der Waals surface area contributed by atoms with E-state index >= 15 is 0 Å². The smallest absolute Gasteiger partial charge is 0.153 e. The van der Waals surface area contributed by atoms with Crippen LogP contribution in [0.4, 0.5) is 0 Å². The molecule has 0 bridgehead atoms. The molecule has 0 atom stereocenters. The minimum Gasteiger partial charge on any atom is -0.493 e. The van der Waals surface area contributed by atoms with Gasteiger partial charge in [-0.05, 0) is 29.8 Å². The summed E-state index contributed by atoms with van der Waals surface area (Å²) in [4.78, 5) is 0. The summed E-state index contributed by atoms with van der Waals surface area (Å²) in [5.74, 6) is 1.75. The SMILES string of the molecule is NCc1cc(-c2cc3cccc(Cl)c3o2)cc2c1OCC2. The van der Waals surface area contributed by atoms with Crippen LogP contribution < -0.4 is 10.5 Å². The molecule has 2 heterocycles. The van der Waals surface area contributed by atoms with Gasteiger partial charge in [0.1, 0.15) is 11.5 Å². The van der Waals surface area contributed by atoms with E-state index in [0.29, 0.717) is 11.6 Å². The zero-order valence-corrected chi connectivity index (χ0v) is 12.1. The van der Waals surface area contributed by atoms with E-state index in [-0.39, 0.29) is 0 Å². The lowest BCUT2D eigenvalue weighted by Crippen LogP contribution is -1.99. The van der Waals surface area contributed by atoms with E-state index in [1.807, 2.05) is 30.3 Å². The Hall–Kier alpha value is -1.97. The van der Waals surface area contributed by atoms with E-state index in [9.17, 15) is 0 Å². The van der Waals surface area contributed by atoms with E-state index in [0.717, 1.165) is 46.6 Å². The summed E-state index contributed by atoms with van der Waals surface area (Å²) in [7, 11) is 0. The molecule has 106 valence electrons. The van der Waals surface area contributed by atoms with Gasteiger partial charge in [-0.1, -0.05) is 23.7 Å². The third kappa shape index (κ3) is 2.01. The maximum atomic E-state index is 6.18. The zero-order valence-electron chi connectivity index (χ0n) is 11.4. The van der Waals surface area contributed by atoms with Gasteiger partial charge in [0.25, 0.3) is 0 Å². The highest BCUT2D eigenvalue weighted by molar-refractivity contribution is 6.34. The van der Waals surface area contributed by atoms with Crippen molar-refractivity contribution in [3.8, 4) is 17.1 Å². The second-order valence-corrected chi connectivity index (χ2v) is 5.60.